The first-order chi connectivity index (χ1) is 10.1. The van der Waals surface area contributed by atoms with Gasteiger partial charge in [-0.3, -0.25) is 0 Å². The molecule has 0 fully saturated rings. The standard InChI is InChI=1S/C14H23N3O4/c1-10(2)21-13-12(5-4-7-15-13)17-14(19)16-11(9-18)6-8-20-3/h4-5,7,10-11,18H,6,8-9H2,1-3H3,(H2,16,17,19)/t11-/m0/s1. The van der Waals surface area contributed by atoms with Crippen molar-refractivity contribution in [2.24, 2.45) is 0 Å². The lowest BCUT2D eigenvalue weighted by Crippen LogP contribution is -2.41. The highest BCUT2D eigenvalue weighted by molar-refractivity contribution is 5.90. The van der Waals surface area contributed by atoms with Crippen LogP contribution in [0, 0.1) is 0 Å². The molecule has 0 aliphatic carbocycles. The Labute approximate surface area is 124 Å². The summed E-state index contributed by atoms with van der Waals surface area (Å²) in [5.74, 6) is 0.361. The average Bonchev–Trinajstić information content (AvgIpc) is 2.45. The molecule has 0 aliphatic heterocycles. The molecule has 3 N–H and O–H groups in total. The number of nitrogens with one attached hydrogen (secondary N) is 2. The summed E-state index contributed by atoms with van der Waals surface area (Å²) in [6.07, 6.45) is 2.08. The van der Waals surface area contributed by atoms with Crippen LogP contribution in [0.3, 0.4) is 0 Å². The molecule has 1 aromatic heterocycles. The van der Waals surface area contributed by atoms with E-state index < -0.39 is 6.03 Å². The molecule has 1 aromatic rings. The smallest absolute Gasteiger partial charge is 0.319 e. The van der Waals surface area contributed by atoms with Crippen molar-refractivity contribution in [1.29, 1.82) is 0 Å². The SMILES string of the molecule is COCC[C@@H](CO)NC(=O)Nc1cccnc1OC(C)C. The van der Waals surface area contributed by atoms with Crippen molar-refractivity contribution >= 4 is 11.7 Å². The second kappa shape index (κ2) is 9.15. The molecule has 2 amide bonds. The van der Waals surface area contributed by atoms with Gasteiger partial charge in [-0.15, -0.1) is 0 Å². The number of aliphatic hydroxyl groups is 1. The number of hydrogen-bond donors (Lipinski definition) is 3. The van der Waals surface area contributed by atoms with E-state index in [4.69, 9.17) is 9.47 Å². The lowest BCUT2D eigenvalue weighted by Gasteiger charge is -2.17. The molecular formula is C14H23N3O4. The highest BCUT2D eigenvalue weighted by Crippen LogP contribution is 2.21. The third-order valence-corrected chi connectivity index (χ3v) is 2.59. The van der Waals surface area contributed by atoms with E-state index in [-0.39, 0.29) is 18.8 Å². The Morgan fingerprint density at radius 2 is 2.24 bits per heavy atom. The zero-order valence-corrected chi connectivity index (χ0v) is 12.6. The fourth-order valence-corrected chi connectivity index (χ4v) is 1.62. The molecule has 118 valence electrons. The van der Waals surface area contributed by atoms with Crippen molar-refractivity contribution in [3.05, 3.63) is 18.3 Å². The topological polar surface area (TPSA) is 92.7 Å². The number of methoxy groups -OCH3 is 1. The van der Waals surface area contributed by atoms with Gasteiger partial charge in [0, 0.05) is 19.9 Å². The molecule has 21 heavy (non-hydrogen) atoms. The second-order valence-corrected chi connectivity index (χ2v) is 4.78. The summed E-state index contributed by atoms with van der Waals surface area (Å²) in [5.41, 5.74) is 0.479. The summed E-state index contributed by atoms with van der Waals surface area (Å²) in [5, 5.41) is 14.5. The van der Waals surface area contributed by atoms with Crippen LogP contribution in [0.1, 0.15) is 20.3 Å². The van der Waals surface area contributed by atoms with Crippen LogP contribution in [-0.4, -0.2) is 48.6 Å². The number of aromatic nitrogens is 1. The predicted molar refractivity (Wildman–Crippen MR) is 79.5 cm³/mol. The number of pyridine rings is 1. The number of carbonyl (C=O) groups excluding carboxylic acids is 1. The number of urea groups is 1. The maximum Gasteiger partial charge on any atom is 0.319 e. The van der Waals surface area contributed by atoms with Crippen molar-refractivity contribution in [1.82, 2.24) is 10.3 Å². The van der Waals surface area contributed by atoms with Gasteiger partial charge in [-0.05, 0) is 32.4 Å². The Morgan fingerprint density at radius 3 is 2.86 bits per heavy atom. The van der Waals surface area contributed by atoms with E-state index in [0.29, 0.717) is 24.6 Å². The number of rotatable bonds is 8. The summed E-state index contributed by atoms with van der Waals surface area (Å²) in [4.78, 5) is 16.0. The van der Waals surface area contributed by atoms with Gasteiger partial charge in [0.05, 0.1) is 18.8 Å². The van der Waals surface area contributed by atoms with E-state index in [1.807, 2.05) is 13.8 Å². The number of hydrogen-bond acceptors (Lipinski definition) is 5. The molecule has 7 nitrogen and oxygen atoms in total. The number of nitrogens with zero attached hydrogens (tertiary/aromatic N) is 1. The maximum absolute atomic E-state index is 11.9. The van der Waals surface area contributed by atoms with E-state index in [0.717, 1.165) is 0 Å². The van der Waals surface area contributed by atoms with Crippen LogP contribution < -0.4 is 15.4 Å². The summed E-state index contributed by atoms with van der Waals surface area (Å²) in [6.45, 7) is 4.06. The molecule has 0 saturated carbocycles. The Balaban J connectivity index is 2.61. The molecule has 1 rings (SSSR count). The minimum atomic E-state index is -0.424. The minimum absolute atomic E-state index is 0.0459. The Kier molecular flexibility index (Phi) is 7.49. The van der Waals surface area contributed by atoms with Gasteiger partial charge in [0.1, 0.15) is 5.69 Å². The zero-order valence-electron chi connectivity index (χ0n) is 12.6. The fourth-order valence-electron chi connectivity index (χ4n) is 1.62. The molecule has 0 saturated heterocycles. The van der Waals surface area contributed by atoms with Crippen molar-refractivity contribution < 1.29 is 19.4 Å². The van der Waals surface area contributed by atoms with Crippen LogP contribution in [-0.2, 0) is 4.74 Å². The molecular weight excluding hydrogens is 274 g/mol. The molecule has 0 unspecified atom stereocenters. The van der Waals surface area contributed by atoms with Gasteiger partial charge >= 0.3 is 6.03 Å². The second-order valence-electron chi connectivity index (χ2n) is 4.78. The Morgan fingerprint density at radius 1 is 1.48 bits per heavy atom. The molecule has 0 aliphatic rings. The fraction of sp³-hybridized carbons (Fsp3) is 0.571. The van der Waals surface area contributed by atoms with Gasteiger partial charge in [-0.1, -0.05) is 0 Å². The Hall–Kier alpha value is -1.86. The van der Waals surface area contributed by atoms with Gasteiger partial charge in [-0.2, -0.15) is 0 Å². The molecule has 1 heterocycles. The summed E-state index contributed by atoms with van der Waals surface area (Å²) in [6, 6.07) is 2.62. The van der Waals surface area contributed by atoms with Crippen LogP contribution in [0.5, 0.6) is 5.88 Å². The number of aliphatic hydroxyl groups excluding tert-OH is 1. The van der Waals surface area contributed by atoms with Gasteiger partial charge in [-0.25, -0.2) is 9.78 Å². The van der Waals surface area contributed by atoms with Gasteiger partial charge in [0.2, 0.25) is 5.88 Å². The Bertz CT molecular complexity index is 440. The summed E-state index contributed by atoms with van der Waals surface area (Å²) < 4.78 is 10.4. The minimum Gasteiger partial charge on any atom is -0.473 e. The molecule has 1 atom stereocenters. The van der Waals surface area contributed by atoms with E-state index >= 15 is 0 Å². The average molecular weight is 297 g/mol. The molecule has 0 bridgehead atoms. The lowest BCUT2D eigenvalue weighted by atomic mass is 10.2. The highest BCUT2D eigenvalue weighted by atomic mass is 16.5. The summed E-state index contributed by atoms with van der Waals surface area (Å²) in [7, 11) is 1.57. The van der Waals surface area contributed by atoms with Crippen LogP contribution >= 0.6 is 0 Å². The van der Waals surface area contributed by atoms with Crippen molar-refractivity contribution in [2.45, 2.75) is 32.4 Å². The van der Waals surface area contributed by atoms with Crippen molar-refractivity contribution in [3.8, 4) is 5.88 Å². The van der Waals surface area contributed by atoms with E-state index in [1.54, 1.807) is 25.4 Å². The molecule has 0 aromatic carbocycles. The summed E-state index contributed by atoms with van der Waals surface area (Å²) >= 11 is 0. The van der Waals surface area contributed by atoms with Gasteiger partial charge < -0.3 is 25.2 Å². The van der Waals surface area contributed by atoms with Crippen molar-refractivity contribution in [2.75, 3.05) is 25.6 Å². The quantitative estimate of drug-likeness (QED) is 0.674. The third-order valence-electron chi connectivity index (χ3n) is 2.59. The lowest BCUT2D eigenvalue weighted by molar-refractivity contribution is 0.161. The number of anilines is 1. The number of carbonyl (C=O) groups is 1. The predicted octanol–water partition coefficient (Wildman–Crippen LogP) is 1.39. The monoisotopic (exact) mass is 297 g/mol. The van der Waals surface area contributed by atoms with Crippen LogP contribution in [0.4, 0.5) is 10.5 Å². The normalized spacial score (nSPS) is 12.0. The van der Waals surface area contributed by atoms with Gasteiger partial charge in [0.15, 0.2) is 0 Å². The largest absolute Gasteiger partial charge is 0.473 e. The number of ether oxygens (including phenoxy) is 2. The van der Waals surface area contributed by atoms with E-state index in [1.165, 1.54) is 0 Å². The van der Waals surface area contributed by atoms with Crippen molar-refractivity contribution in [3.63, 3.8) is 0 Å². The molecule has 7 heteroatoms. The first kappa shape index (κ1) is 17.2. The molecule has 0 spiro atoms. The third kappa shape index (κ3) is 6.42. The van der Waals surface area contributed by atoms with E-state index in [2.05, 4.69) is 15.6 Å². The first-order valence-electron chi connectivity index (χ1n) is 6.85. The molecule has 0 radical (unpaired) electrons. The first-order valence-corrected chi connectivity index (χ1v) is 6.85. The zero-order chi connectivity index (χ0) is 15.7. The highest BCUT2D eigenvalue weighted by Gasteiger charge is 2.14. The van der Waals surface area contributed by atoms with Crippen LogP contribution in [0.15, 0.2) is 18.3 Å². The van der Waals surface area contributed by atoms with Crippen LogP contribution in [0.25, 0.3) is 0 Å². The maximum atomic E-state index is 11.9. The van der Waals surface area contributed by atoms with Crippen LogP contribution in [0.2, 0.25) is 0 Å². The number of amides is 2. The van der Waals surface area contributed by atoms with Gasteiger partial charge in [0.25, 0.3) is 0 Å². The van der Waals surface area contributed by atoms with E-state index in [9.17, 15) is 9.90 Å².